The highest BCUT2D eigenvalue weighted by Gasteiger charge is 2.24. The summed E-state index contributed by atoms with van der Waals surface area (Å²) in [4.78, 5) is 35.2. The van der Waals surface area contributed by atoms with E-state index in [9.17, 15) is 14.9 Å². The van der Waals surface area contributed by atoms with Gasteiger partial charge in [0.2, 0.25) is 17.5 Å². The molecule has 2 heterocycles. The number of nitro groups is 1. The Morgan fingerprint density at radius 2 is 1.62 bits per heavy atom. The highest BCUT2D eigenvalue weighted by atomic mass is 16.6. The molecule has 0 saturated heterocycles. The first-order valence-electron chi connectivity index (χ1n) is 9.68. The second-order valence-electron chi connectivity index (χ2n) is 7.01. The number of hydrogen-bond donors (Lipinski definition) is 3. The van der Waals surface area contributed by atoms with Crippen molar-refractivity contribution in [3.05, 3.63) is 76.7 Å². The molecule has 3 N–H and O–H groups in total. The third-order valence-electron chi connectivity index (χ3n) is 4.60. The summed E-state index contributed by atoms with van der Waals surface area (Å²) in [5, 5.41) is 21.4. The van der Waals surface area contributed by atoms with E-state index < -0.39 is 4.92 Å². The number of rotatable bonds is 6. The Morgan fingerprint density at radius 3 is 2.31 bits per heavy atom. The fourth-order valence-corrected chi connectivity index (χ4v) is 3.20. The van der Waals surface area contributed by atoms with Gasteiger partial charge in [-0.25, -0.2) is 9.97 Å². The van der Waals surface area contributed by atoms with E-state index in [0.717, 1.165) is 16.6 Å². The molecule has 0 aliphatic rings. The van der Waals surface area contributed by atoms with Crippen LogP contribution in [0.2, 0.25) is 0 Å². The molecule has 1 amide bonds. The van der Waals surface area contributed by atoms with Crippen LogP contribution in [-0.2, 0) is 4.79 Å². The van der Waals surface area contributed by atoms with Crippen molar-refractivity contribution in [2.24, 2.45) is 0 Å². The van der Waals surface area contributed by atoms with Crippen LogP contribution < -0.4 is 16.0 Å². The standard InChI is InChI=1S/C22H19N7O3/c1-13-6-11-17-18(25-13)4-3-5-19(17)28-22-20(29(31)32)21(23-12-24-22)27-16-9-7-15(8-10-16)26-14(2)30/h3-12H,1-2H3,(H,26,30)(H2,23,24,27,28). The second kappa shape index (κ2) is 8.64. The maximum atomic E-state index is 11.9. The lowest BCUT2D eigenvalue weighted by Crippen LogP contribution is -2.07. The summed E-state index contributed by atoms with van der Waals surface area (Å²) in [6, 6.07) is 16.0. The molecule has 0 fully saturated rings. The summed E-state index contributed by atoms with van der Waals surface area (Å²) in [6.07, 6.45) is 1.25. The van der Waals surface area contributed by atoms with Crippen molar-refractivity contribution < 1.29 is 9.72 Å². The number of carbonyl (C=O) groups is 1. The molecule has 32 heavy (non-hydrogen) atoms. The van der Waals surface area contributed by atoms with Crippen LogP contribution in [0.1, 0.15) is 12.6 Å². The van der Waals surface area contributed by atoms with Crippen LogP contribution in [0.25, 0.3) is 10.9 Å². The summed E-state index contributed by atoms with van der Waals surface area (Å²) in [5.41, 5.74) is 3.17. The van der Waals surface area contributed by atoms with E-state index >= 15 is 0 Å². The van der Waals surface area contributed by atoms with Gasteiger partial charge in [-0.2, -0.15) is 0 Å². The van der Waals surface area contributed by atoms with E-state index in [2.05, 4.69) is 30.9 Å². The Morgan fingerprint density at radius 1 is 0.938 bits per heavy atom. The molecule has 10 nitrogen and oxygen atoms in total. The van der Waals surface area contributed by atoms with Gasteiger partial charge >= 0.3 is 5.69 Å². The minimum Gasteiger partial charge on any atom is -0.334 e. The topological polar surface area (TPSA) is 135 Å². The van der Waals surface area contributed by atoms with Crippen LogP contribution >= 0.6 is 0 Å². The van der Waals surface area contributed by atoms with Crippen LogP contribution in [0, 0.1) is 17.0 Å². The zero-order chi connectivity index (χ0) is 22.7. The molecule has 0 unspecified atom stereocenters. The van der Waals surface area contributed by atoms with Gasteiger partial charge in [0.05, 0.1) is 10.4 Å². The molecule has 2 aromatic heterocycles. The van der Waals surface area contributed by atoms with E-state index in [4.69, 9.17) is 0 Å². The average molecular weight is 429 g/mol. The second-order valence-corrected chi connectivity index (χ2v) is 7.01. The van der Waals surface area contributed by atoms with Crippen molar-refractivity contribution >= 4 is 51.2 Å². The highest BCUT2D eigenvalue weighted by molar-refractivity contribution is 5.94. The molecule has 0 saturated carbocycles. The number of nitrogens with zero attached hydrogens (tertiary/aromatic N) is 4. The Kier molecular flexibility index (Phi) is 5.58. The van der Waals surface area contributed by atoms with Gasteiger partial charge in [-0.15, -0.1) is 0 Å². The first-order chi connectivity index (χ1) is 15.4. The molecule has 160 valence electrons. The number of fused-ring (bicyclic) bond motifs is 1. The Hall–Kier alpha value is -4.60. The van der Waals surface area contributed by atoms with Crippen molar-refractivity contribution in [3.8, 4) is 0 Å². The number of benzene rings is 2. The molecule has 0 aliphatic carbocycles. The lowest BCUT2D eigenvalue weighted by atomic mass is 10.1. The molecule has 0 spiro atoms. The first-order valence-corrected chi connectivity index (χ1v) is 9.68. The number of amides is 1. The summed E-state index contributed by atoms with van der Waals surface area (Å²) >= 11 is 0. The molecule has 4 rings (SSSR count). The lowest BCUT2D eigenvalue weighted by molar-refractivity contribution is -0.383. The number of aryl methyl sites for hydroxylation is 1. The number of carbonyl (C=O) groups excluding carboxylic acids is 1. The van der Waals surface area contributed by atoms with Crippen molar-refractivity contribution in [1.82, 2.24) is 15.0 Å². The molecule has 0 bridgehead atoms. The molecule has 0 radical (unpaired) electrons. The van der Waals surface area contributed by atoms with E-state index in [1.807, 2.05) is 31.2 Å². The fourth-order valence-electron chi connectivity index (χ4n) is 3.20. The summed E-state index contributed by atoms with van der Waals surface area (Å²) in [6.45, 7) is 3.31. The lowest BCUT2D eigenvalue weighted by Gasteiger charge is -2.12. The Labute approximate surface area is 182 Å². The zero-order valence-electron chi connectivity index (χ0n) is 17.3. The van der Waals surface area contributed by atoms with E-state index in [1.165, 1.54) is 13.3 Å². The quantitative estimate of drug-likeness (QED) is 0.297. The van der Waals surface area contributed by atoms with Crippen LogP contribution in [0.3, 0.4) is 0 Å². The predicted molar refractivity (Wildman–Crippen MR) is 122 cm³/mol. The van der Waals surface area contributed by atoms with Crippen LogP contribution in [0.15, 0.2) is 60.9 Å². The van der Waals surface area contributed by atoms with E-state index in [0.29, 0.717) is 17.1 Å². The van der Waals surface area contributed by atoms with Crippen molar-refractivity contribution in [1.29, 1.82) is 0 Å². The van der Waals surface area contributed by atoms with Crippen LogP contribution in [-0.4, -0.2) is 25.8 Å². The number of aromatic nitrogens is 3. The van der Waals surface area contributed by atoms with Crippen LogP contribution in [0.4, 0.5) is 34.4 Å². The summed E-state index contributed by atoms with van der Waals surface area (Å²) in [7, 11) is 0. The number of anilines is 5. The maximum Gasteiger partial charge on any atom is 0.353 e. The fraction of sp³-hybridized carbons (Fsp3) is 0.0909. The molecular weight excluding hydrogens is 410 g/mol. The maximum absolute atomic E-state index is 11.9. The monoisotopic (exact) mass is 429 g/mol. The molecule has 2 aromatic carbocycles. The van der Waals surface area contributed by atoms with Gasteiger partial charge in [0, 0.05) is 35.1 Å². The average Bonchev–Trinajstić information content (AvgIpc) is 2.74. The number of hydrogen-bond acceptors (Lipinski definition) is 8. The van der Waals surface area contributed by atoms with E-state index in [1.54, 1.807) is 30.3 Å². The van der Waals surface area contributed by atoms with Gasteiger partial charge in [-0.05, 0) is 55.5 Å². The molecule has 0 aliphatic heterocycles. The third kappa shape index (κ3) is 4.43. The SMILES string of the molecule is CC(=O)Nc1ccc(Nc2ncnc(Nc3cccc4nc(C)ccc34)c2[N+](=O)[O-])cc1. The normalized spacial score (nSPS) is 10.6. The van der Waals surface area contributed by atoms with Gasteiger partial charge < -0.3 is 16.0 Å². The predicted octanol–water partition coefficient (Wildman–Crippen LogP) is 4.69. The van der Waals surface area contributed by atoms with E-state index in [-0.39, 0.29) is 23.2 Å². The minimum atomic E-state index is -0.538. The largest absolute Gasteiger partial charge is 0.353 e. The molecule has 4 aromatic rings. The van der Waals surface area contributed by atoms with Crippen molar-refractivity contribution in [3.63, 3.8) is 0 Å². The first kappa shape index (κ1) is 20.7. The number of nitrogens with one attached hydrogen (secondary N) is 3. The van der Waals surface area contributed by atoms with Gasteiger partial charge in [0.1, 0.15) is 6.33 Å². The smallest absolute Gasteiger partial charge is 0.334 e. The van der Waals surface area contributed by atoms with Gasteiger partial charge in [-0.1, -0.05) is 6.07 Å². The van der Waals surface area contributed by atoms with Gasteiger partial charge in [0.15, 0.2) is 0 Å². The molecule has 10 heteroatoms. The van der Waals surface area contributed by atoms with Crippen molar-refractivity contribution in [2.45, 2.75) is 13.8 Å². The minimum absolute atomic E-state index is 0.0361. The Bertz CT molecular complexity index is 1320. The summed E-state index contributed by atoms with van der Waals surface area (Å²) in [5.74, 6) is -0.101. The third-order valence-corrected chi connectivity index (χ3v) is 4.60. The molecular formula is C22H19N7O3. The van der Waals surface area contributed by atoms with Crippen molar-refractivity contribution in [2.75, 3.05) is 16.0 Å². The van der Waals surface area contributed by atoms with Gasteiger partial charge in [-0.3, -0.25) is 19.9 Å². The highest BCUT2D eigenvalue weighted by Crippen LogP contribution is 2.34. The number of pyridine rings is 1. The molecule has 0 atom stereocenters. The Balaban J connectivity index is 1.67. The summed E-state index contributed by atoms with van der Waals surface area (Å²) < 4.78 is 0. The van der Waals surface area contributed by atoms with Gasteiger partial charge in [0.25, 0.3) is 0 Å². The zero-order valence-corrected chi connectivity index (χ0v) is 17.3. The van der Waals surface area contributed by atoms with Crippen LogP contribution in [0.5, 0.6) is 0 Å².